The summed E-state index contributed by atoms with van der Waals surface area (Å²) in [5.74, 6) is -0.197. The maximum absolute atomic E-state index is 12.0. The molecule has 0 radical (unpaired) electrons. The van der Waals surface area contributed by atoms with Crippen LogP contribution in [0.1, 0.15) is 51.4 Å². The maximum Gasteiger partial charge on any atom is 0.326 e. The molecule has 0 bridgehead atoms. The zero-order chi connectivity index (χ0) is 12.3. The van der Waals surface area contributed by atoms with Crippen LogP contribution < -0.4 is 5.73 Å². The number of nitrogens with two attached hydrogens (primary N) is 1. The van der Waals surface area contributed by atoms with Crippen LogP contribution >= 0.6 is 0 Å². The van der Waals surface area contributed by atoms with Crippen molar-refractivity contribution in [3.05, 3.63) is 0 Å². The third-order valence-electron chi connectivity index (χ3n) is 4.09. The Hall–Kier alpha value is -0.610. The molecule has 0 saturated heterocycles. The average molecular weight is 241 g/mol. The lowest BCUT2D eigenvalue weighted by Crippen LogP contribution is -2.48. The van der Waals surface area contributed by atoms with E-state index in [1.165, 1.54) is 0 Å². The summed E-state index contributed by atoms with van der Waals surface area (Å²) in [4.78, 5) is 12.0. The van der Waals surface area contributed by atoms with Gasteiger partial charge in [0.25, 0.3) is 0 Å². The lowest BCUT2D eigenvalue weighted by molar-refractivity contribution is -0.159. The number of rotatable bonds is 3. The van der Waals surface area contributed by atoms with Crippen molar-refractivity contribution in [2.75, 3.05) is 7.11 Å². The van der Waals surface area contributed by atoms with Crippen LogP contribution in [0.25, 0.3) is 0 Å². The van der Waals surface area contributed by atoms with Crippen molar-refractivity contribution in [1.29, 1.82) is 0 Å². The average Bonchev–Trinajstić information content (AvgIpc) is 2.78. The summed E-state index contributed by atoms with van der Waals surface area (Å²) in [6, 6.07) is 0. The number of hydrogen-bond donors (Lipinski definition) is 1. The second-order valence-electron chi connectivity index (χ2n) is 5.41. The Kier molecular flexibility index (Phi) is 4.05. The van der Waals surface area contributed by atoms with Crippen molar-refractivity contribution in [3.63, 3.8) is 0 Å². The molecular weight excluding hydrogens is 218 g/mol. The first-order valence-electron chi connectivity index (χ1n) is 6.67. The second-order valence-corrected chi connectivity index (χ2v) is 5.41. The van der Waals surface area contributed by atoms with Gasteiger partial charge in [0, 0.05) is 13.5 Å². The van der Waals surface area contributed by atoms with Gasteiger partial charge in [-0.1, -0.05) is 12.8 Å². The highest BCUT2D eigenvalue weighted by Crippen LogP contribution is 2.30. The number of carbonyl (C=O) groups excluding carboxylic acids is 1. The Bertz CT molecular complexity index is 274. The van der Waals surface area contributed by atoms with Crippen LogP contribution in [0.5, 0.6) is 0 Å². The van der Waals surface area contributed by atoms with Crippen LogP contribution in [0.3, 0.4) is 0 Å². The van der Waals surface area contributed by atoms with Gasteiger partial charge >= 0.3 is 5.97 Å². The summed E-state index contributed by atoms with van der Waals surface area (Å²) in [5.41, 5.74) is 5.37. The van der Waals surface area contributed by atoms with Crippen LogP contribution in [-0.2, 0) is 14.3 Å². The number of methoxy groups -OCH3 is 1. The number of hydrogen-bond acceptors (Lipinski definition) is 4. The summed E-state index contributed by atoms with van der Waals surface area (Å²) >= 11 is 0. The van der Waals surface area contributed by atoms with Crippen LogP contribution in [0.4, 0.5) is 0 Å². The van der Waals surface area contributed by atoms with Crippen molar-refractivity contribution >= 4 is 5.97 Å². The Morgan fingerprint density at radius 3 is 2.47 bits per heavy atom. The molecule has 2 unspecified atom stereocenters. The van der Waals surface area contributed by atoms with Crippen LogP contribution in [0, 0.1) is 0 Å². The summed E-state index contributed by atoms with van der Waals surface area (Å²) in [6.07, 6.45) is 7.75. The molecule has 2 fully saturated rings. The lowest BCUT2D eigenvalue weighted by atomic mass is 9.94. The van der Waals surface area contributed by atoms with Gasteiger partial charge in [0.05, 0.1) is 6.10 Å². The number of carbonyl (C=O) groups is 1. The van der Waals surface area contributed by atoms with E-state index in [1.807, 2.05) is 0 Å². The van der Waals surface area contributed by atoms with E-state index in [-0.39, 0.29) is 18.2 Å². The van der Waals surface area contributed by atoms with E-state index in [1.54, 1.807) is 7.11 Å². The number of esters is 1. The van der Waals surface area contributed by atoms with Crippen LogP contribution in [0.2, 0.25) is 0 Å². The van der Waals surface area contributed by atoms with Crippen molar-refractivity contribution in [2.24, 2.45) is 5.73 Å². The van der Waals surface area contributed by atoms with E-state index >= 15 is 0 Å². The quantitative estimate of drug-likeness (QED) is 0.765. The Balaban J connectivity index is 1.85. The molecule has 0 amide bonds. The zero-order valence-electron chi connectivity index (χ0n) is 10.6. The van der Waals surface area contributed by atoms with Gasteiger partial charge in [-0.05, 0) is 32.1 Å². The largest absolute Gasteiger partial charge is 0.461 e. The highest BCUT2D eigenvalue weighted by Gasteiger charge is 2.40. The summed E-state index contributed by atoms with van der Waals surface area (Å²) in [7, 11) is 1.72. The predicted molar refractivity (Wildman–Crippen MR) is 64.5 cm³/mol. The van der Waals surface area contributed by atoms with Gasteiger partial charge in [0.2, 0.25) is 0 Å². The molecule has 0 aromatic heterocycles. The van der Waals surface area contributed by atoms with Crippen molar-refractivity contribution in [2.45, 2.75) is 69.1 Å². The van der Waals surface area contributed by atoms with Crippen molar-refractivity contribution in [1.82, 2.24) is 0 Å². The molecule has 0 aromatic carbocycles. The van der Waals surface area contributed by atoms with Crippen molar-refractivity contribution < 1.29 is 14.3 Å². The molecular formula is C13H23NO3. The van der Waals surface area contributed by atoms with Gasteiger partial charge in [-0.2, -0.15) is 0 Å². The molecule has 2 rings (SSSR count). The standard InChI is InChI=1S/C13H23NO3/c1-16-10-5-4-6-11(9-10)17-12(15)13(14)7-2-3-8-13/h10-11H,2-9,14H2,1H3. The minimum absolute atomic E-state index is 0.00206. The fraction of sp³-hybridized carbons (Fsp3) is 0.923. The van der Waals surface area contributed by atoms with E-state index in [0.717, 1.165) is 51.4 Å². The fourth-order valence-corrected chi connectivity index (χ4v) is 2.90. The van der Waals surface area contributed by atoms with E-state index in [4.69, 9.17) is 15.2 Å². The summed E-state index contributed by atoms with van der Waals surface area (Å²) < 4.78 is 10.9. The molecule has 98 valence electrons. The molecule has 4 nitrogen and oxygen atoms in total. The van der Waals surface area contributed by atoms with Crippen LogP contribution in [0.15, 0.2) is 0 Å². The summed E-state index contributed by atoms with van der Waals surface area (Å²) in [6.45, 7) is 0. The normalized spacial score (nSPS) is 32.4. The lowest BCUT2D eigenvalue weighted by Gasteiger charge is -2.31. The molecule has 0 spiro atoms. The minimum atomic E-state index is -0.708. The van der Waals surface area contributed by atoms with Gasteiger partial charge in [-0.3, -0.25) is 4.79 Å². The van der Waals surface area contributed by atoms with Gasteiger partial charge < -0.3 is 15.2 Å². The molecule has 0 aliphatic heterocycles. The van der Waals surface area contributed by atoms with Crippen molar-refractivity contribution in [3.8, 4) is 0 Å². The zero-order valence-corrected chi connectivity index (χ0v) is 10.6. The summed E-state index contributed by atoms with van der Waals surface area (Å²) in [5, 5.41) is 0. The number of ether oxygens (including phenoxy) is 2. The molecule has 2 N–H and O–H groups in total. The van der Waals surface area contributed by atoms with E-state index in [2.05, 4.69) is 0 Å². The fourth-order valence-electron chi connectivity index (χ4n) is 2.90. The van der Waals surface area contributed by atoms with Gasteiger partial charge in [0.15, 0.2) is 0 Å². The highest BCUT2D eigenvalue weighted by atomic mass is 16.5. The van der Waals surface area contributed by atoms with Crippen LogP contribution in [-0.4, -0.2) is 30.8 Å². The Morgan fingerprint density at radius 1 is 1.18 bits per heavy atom. The smallest absolute Gasteiger partial charge is 0.326 e. The highest BCUT2D eigenvalue weighted by molar-refractivity contribution is 5.81. The monoisotopic (exact) mass is 241 g/mol. The van der Waals surface area contributed by atoms with Gasteiger partial charge in [0.1, 0.15) is 11.6 Å². The second kappa shape index (κ2) is 5.36. The Morgan fingerprint density at radius 2 is 1.82 bits per heavy atom. The van der Waals surface area contributed by atoms with Gasteiger partial charge in [-0.15, -0.1) is 0 Å². The first-order valence-corrected chi connectivity index (χ1v) is 6.67. The minimum Gasteiger partial charge on any atom is -0.461 e. The molecule has 0 aromatic rings. The SMILES string of the molecule is COC1CCCC(OC(=O)C2(N)CCCC2)C1. The molecule has 17 heavy (non-hydrogen) atoms. The molecule has 2 saturated carbocycles. The van der Waals surface area contributed by atoms with Gasteiger partial charge in [-0.25, -0.2) is 0 Å². The topological polar surface area (TPSA) is 61.5 Å². The third-order valence-corrected chi connectivity index (χ3v) is 4.09. The molecule has 0 heterocycles. The third kappa shape index (κ3) is 2.99. The molecule has 2 atom stereocenters. The molecule has 4 heteroatoms. The first-order chi connectivity index (χ1) is 8.14. The maximum atomic E-state index is 12.0. The van der Waals surface area contributed by atoms with E-state index < -0.39 is 5.54 Å². The van der Waals surface area contributed by atoms with E-state index in [0.29, 0.717) is 0 Å². The molecule has 2 aliphatic rings. The molecule has 2 aliphatic carbocycles. The Labute approximate surface area is 103 Å². The van der Waals surface area contributed by atoms with E-state index in [9.17, 15) is 4.79 Å². The predicted octanol–water partition coefficient (Wildman–Crippen LogP) is 1.76. The first kappa shape index (κ1) is 12.8.